The molecule has 6 heteroatoms. The fourth-order valence-electron chi connectivity index (χ4n) is 3.91. The quantitative estimate of drug-likeness (QED) is 0.572. The van der Waals surface area contributed by atoms with Crippen LogP contribution in [-0.2, 0) is 0 Å². The molecule has 5 rings (SSSR count). The van der Waals surface area contributed by atoms with Crippen LogP contribution < -0.4 is 5.32 Å². The highest BCUT2D eigenvalue weighted by atomic mass is 15.1. The van der Waals surface area contributed by atoms with E-state index in [1.54, 1.807) is 0 Å². The zero-order chi connectivity index (χ0) is 18.9. The van der Waals surface area contributed by atoms with Gasteiger partial charge in [-0.3, -0.25) is 15.1 Å². The number of pyridine rings is 3. The first-order valence-corrected chi connectivity index (χ1v) is 9.73. The van der Waals surface area contributed by atoms with Crippen LogP contribution in [0.25, 0.3) is 33.7 Å². The van der Waals surface area contributed by atoms with Crippen LogP contribution in [0.3, 0.4) is 0 Å². The molecule has 0 aromatic carbocycles. The maximum absolute atomic E-state index is 4.92. The first-order valence-electron chi connectivity index (χ1n) is 9.73. The number of hydrogen-bond donors (Lipinski definition) is 2. The van der Waals surface area contributed by atoms with E-state index >= 15 is 0 Å². The van der Waals surface area contributed by atoms with Crippen molar-refractivity contribution in [2.45, 2.75) is 25.7 Å². The third kappa shape index (κ3) is 3.16. The van der Waals surface area contributed by atoms with Crippen molar-refractivity contribution in [3.63, 3.8) is 0 Å². The lowest BCUT2D eigenvalue weighted by Gasteiger charge is -2.22. The van der Waals surface area contributed by atoms with Gasteiger partial charge in [0.05, 0.1) is 22.4 Å². The first kappa shape index (κ1) is 17.0. The predicted octanol–water partition coefficient (Wildman–Crippen LogP) is 3.86. The Balaban J connectivity index is 1.56. The number of aromatic nitrogens is 5. The number of nitrogens with one attached hydrogen (secondary N) is 2. The molecule has 0 saturated carbocycles. The topological polar surface area (TPSA) is 79.4 Å². The largest absolute Gasteiger partial charge is 0.317 e. The highest BCUT2D eigenvalue weighted by Crippen LogP contribution is 2.30. The highest BCUT2D eigenvalue weighted by molar-refractivity contribution is 5.82. The second-order valence-electron chi connectivity index (χ2n) is 7.34. The standard InChI is InChI=1S/C22H22N6/c1-14-3-2-4-20(26-14)22-17(13-25-28-22)18-5-6-19-21(27-18)11-16(12-24-19)15-7-9-23-10-8-15/h2-6,11-13,15,23H,7-10H2,1H3,(H,25,28). The van der Waals surface area contributed by atoms with Crippen LogP contribution in [0.2, 0.25) is 0 Å². The Morgan fingerprint density at radius 1 is 0.964 bits per heavy atom. The van der Waals surface area contributed by atoms with E-state index < -0.39 is 0 Å². The van der Waals surface area contributed by atoms with Crippen molar-refractivity contribution in [2.75, 3.05) is 13.1 Å². The van der Waals surface area contributed by atoms with E-state index in [-0.39, 0.29) is 0 Å². The summed E-state index contributed by atoms with van der Waals surface area (Å²) in [7, 11) is 0. The average molecular weight is 370 g/mol. The fraction of sp³-hybridized carbons (Fsp3) is 0.273. The van der Waals surface area contributed by atoms with E-state index in [9.17, 15) is 0 Å². The van der Waals surface area contributed by atoms with E-state index in [2.05, 4.69) is 31.5 Å². The summed E-state index contributed by atoms with van der Waals surface area (Å²) in [6, 6.07) is 12.2. The minimum Gasteiger partial charge on any atom is -0.317 e. The summed E-state index contributed by atoms with van der Waals surface area (Å²) in [5, 5.41) is 10.8. The van der Waals surface area contributed by atoms with Crippen molar-refractivity contribution in [3.8, 4) is 22.6 Å². The maximum Gasteiger partial charge on any atom is 0.120 e. The lowest BCUT2D eigenvalue weighted by molar-refractivity contribution is 0.460. The molecule has 0 unspecified atom stereocenters. The average Bonchev–Trinajstić information content (AvgIpc) is 3.23. The molecule has 5 heterocycles. The van der Waals surface area contributed by atoms with Gasteiger partial charge in [0.15, 0.2) is 0 Å². The van der Waals surface area contributed by atoms with Gasteiger partial charge in [-0.25, -0.2) is 4.98 Å². The van der Waals surface area contributed by atoms with Crippen molar-refractivity contribution in [1.82, 2.24) is 30.5 Å². The molecule has 1 aliphatic rings. The number of fused-ring (bicyclic) bond motifs is 1. The predicted molar refractivity (Wildman–Crippen MR) is 110 cm³/mol. The molecule has 6 nitrogen and oxygen atoms in total. The summed E-state index contributed by atoms with van der Waals surface area (Å²) < 4.78 is 0. The first-order chi connectivity index (χ1) is 13.8. The molecule has 0 amide bonds. The highest BCUT2D eigenvalue weighted by Gasteiger charge is 2.17. The Labute approximate surface area is 163 Å². The molecule has 0 atom stereocenters. The molecule has 4 aromatic rings. The molecular formula is C22H22N6. The van der Waals surface area contributed by atoms with Gasteiger partial charge in [-0.05, 0) is 74.7 Å². The molecule has 4 aromatic heterocycles. The van der Waals surface area contributed by atoms with Gasteiger partial charge in [0.1, 0.15) is 5.69 Å². The summed E-state index contributed by atoms with van der Waals surface area (Å²) >= 11 is 0. The Hall–Kier alpha value is -3.12. The van der Waals surface area contributed by atoms with E-state index in [1.807, 2.05) is 49.6 Å². The molecular weight excluding hydrogens is 348 g/mol. The summed E-state index contributed by atoms with van der Waals surface area (Å²) in [5.41, 5.74) is 7.59. The third-order valence-electron chi connectivity index (χ3n) is 5.42. The van der Waals surface area contributed by atoms with E-state index in [1.165, 1.54) is 5.56 Å². The number of aromatic amines is 1. The smallest absolute Gasteiger partial charge is 0.120 e. The molecule has 0 bridgehead atoms. The molecule has 0 radical (unpaired) electrons. The minimum atomic E-state index is 0.560. The van der Waals surface area contributed by atoms with Crippen molar-refractivity contribution < 1.29 is 0 Å². The minimum absolute atomic E-state index is 0.560. The van der Waals surface area contributed by atoms with Crippen LogP contribution >= 0.6 is 0 Å². The second kappa shape index (κ2) is 7.13. The summed E-state index contributed by atoms with van der Waals surface area (Å²) in [5.74, 6) is 0.560. The van der Waals surface area contributed by atoms with Crippen molar-refractivity contribution in [2.24, 2.45) is 0 Å². The maximum atomic E-state index is 4.92. The van der Waals surface area contributed by atoms with E-state index in [4.69, 9.17) is 4.98 Å². The number of H-pyrrole nitrogens is 1. The number of piperidine rings is 1. The SMILES string of the molecule is Cc1cccc(-c2n[nH]cc2-c2ccc3ncc(C4CCNCC4)cc3n2)n1. The number of aryl methyl sites for hydroxylation is 1. The Bertz CT molecular complexity index is 1130. The van der Waals surface area contributed by atoms with Gasteiger partial charge in [0.2, 0.25) is 0 Å². The zero-order valence-corrected chi connectivity index (χ0v) is 15.8. The molecule has 2 N–H and O–H groups in total. The van der Waals surface area contributed by atoms with Gasteiger partial charge >= 0.3 is 0 Å². The van der Waals surface area contributed by atoms with Gasteiger partial charge in [0, 0.05) is 23.7 Å². The summed E-state index contributed by atoms with van der Waals surface area (Å²) in [6.45, 7) is 4.12. The summed E-state index contributed by atoms with van der Waals surface area (Å²) in [4.78, 5) is 14.2. The lowest BCUT2D eigenvalue weighted by atomic mass is 9.91. The van der Waals surface area contributed by atoms with Crippen molar-refractivity contribution >= 4 is 11.0 Å². The van der Waals surface area contributed by atoms with E-state index in [0.29, 0.717) is 5.92 Å². The Kier molecular flexibility index (Phi) is 4.33. The number of rotatable bonds is 3. The molecule has 1 saturated heterocycles. The fourth-order valence-corrected chi connectivity index (χ4v) is 3.91. The number of nitrogens with zero attached hydrogens (tertiary/aromatic N) is 4. The molecule has 0 spiro atoms. The van der Waals surface area contributed by atoms with Crippen LogP contribution in [0.1, 0.15) is 30.0 Å². The molecule has 1 fully saturated rings. The molecule has 28 heavy (non-hydrogen) atoms. The molecule has 140 valence electrons. The van der Waals surface area contributed by atoms with E-state index in [0.717, 1.165) is 65.3 Å². The lowest BCUT2D eigenvalue weighted by Crippen LogP contribution is -2.26. The monoisotopic (exact) mass is 370 g/mol. The van der Waals surface area contributed by atoms with Gasteiger partial charge in [-0.2, -0.15) is 5.10 Å². The van der Waals surface area contributed by atoms with Crippen LogP contribution in [0.15, 0.2) is 48.8 Å². The van der Waals surface area contributed by atoms with Gasteiger partial charge in [-0.1, -0.05) is 6.07 Å². The van der Waals surface area contributed by atoms with Crippen LogP contribution in [0, 0.1) is 6.92 Å². The molecule has 0 aliphatic carbocycles. The zero-order valence-electron chi connectivity index (χ0n) is 15.8. The third-order valence-corrected chi connectivity index (χ3v) is 5.42. The summed E-state index contributed by atoms with van der Waals surface area (Å²) in [6.07, 6.45) is 6.20. The van der Waals surface area contributed by atoms with Crippen molar-refractivity contribution in [1.29, 1.82) is 0 Å². The van der Waals surface area contributed by atoms with Gasteiger partial charge in [-0.15, -0.1) is 0 Å². The Morgan fingerprint density at radius 2 is 1.86 bits per heavy atom. The van der Waals surface area contributed by atoms with Crippen LogP contribution in [-0.4, -0.2) is 38.2 Å². The van der Waals surface area contributed by atoms with Crippen molar-refractivity contribution in [3.05, 3.63) is 60.0 Å². The van der Waals surface area contributed by atoms with Crippen LogP contribution in [0.5, 0.6) is 0 Å². The van der Waals surface area contributed by atoms with Gasteiger partial charge in [0.25, 0.3) is 0 Å². The normalized spacial score (nSPS) is 15.2. The Morgan fingerprint density at radius 3 is 2.71 bits per heavy atom. The van der Waals surface area contributed by atoms with Gasteiger partial charge < -0.3 is 5.32 Å². The number of hydrogen-bond acceptors (Lipinski definition) is 5. The van der Waals surface area contributed by atoms with Crippen LogP contribution in [0.4, 0.5) is 0 Å². The second-order valence-corrected chi connectivity index (χ2v) is 7.34. The molecule has 1 aliphatic heterocycles.